The predicted molar refractivity (Wildman–Crippen MR) is 58.6 cm³/mol. The van der Waals surface area contributed by atoms with Crippen LogP contribution in [0, 0.1) is 0 Å². The van der Waals surface area contributed by atoms with Crippen LogP contribution >= 0.6 is 0 Å². The Kier molecular flexibility index (Phi) is 4.23. The van der Waals surface area contributed by atoms with Crippen LogP contribution in [0.1, 0.15) is 37.4 Å². The Labute approximate surface area is 103 Å². The Morgan fingerprint density at radius 1 is 1.39 bits per heavy atom. The van der Waals surface area contributed by atoms with Crippen LogP contribution in [0.4, 0.5) is 13.2 Å². The third-order valence-electron chi connectivity index (χ3n) is 2.95. The summed E-state index contributed by atoms with van der Waals surface area (Å²) in [4.78, 5) is 4.31. The third kappa shape index (κ3) is 3.99. The van der Waals surface area contributed by atoms with Gasteiger partial charge in [0.15, 0.2) is 6.61 Å². The molecule has 0 spiro atoms. The fourth-order valence-corrected chi connectivity index (χ4v) is 2.10. The Morgan fingerprint density at radius 2 is 2.11 bits per heavy atom. The summed E-state index contributed by atoms with van der Waals surface area (Å²) < 4.78 is 37.3. The van der Waals surface area contributed by atoms with E-state index in [2.05, 4.69) is 15.4 Å². The Hall–Kier alpha value is -1.08. The molecule has 0 saturated heterocycles. The SMILES string of the molecule is FC(F)(F)CONCc1ccn(C2CCCC2)n1. The van der Waals surface area contributed by atoms with E-state index in [1.54, 1.807) is 6.07 Å². The van der Waals surface area contributed by atoms with Crippen molar-refractivity contribution in [1.82, 2.24) is 15.3 Å². The summed E-state index contributed by atoms with van der Waals surface area (Å²) >= 11 is 0. The van der Waals surface area contributed by atoms with E-state index in [1.165, 1.54) is 12.8 Å². The smallest absolute Gasteiger partial charge is 0.292 e. The summed E-state index contributed by atoms with van der Waals surface area (Å²) in [5, 5.41) is 4.32. The number of nitrogens with zero attached hydrogens (tertiary/aromatic N) is 2. The molecule has 4 nitrogen and oxygen atoms in total. The van der Waals surface area contributed by atoms with Crippen molar-refractivity contribution in [3.8, 4) is 0 Å². The molecular formula is C11H16F3N3O. The summed E-state index contributed by atoms with van der Waals surface area (Å²) in [7, 11) is 0. The molecule has 0 unspecified atom stereocenters. The van der Waals surface area contributed by atoms with Crippen LogP contribution in [0.3, 0.4) is 0 Å². The summed E-state index contributed by atoms with van der Waals surface area (Å²) in [5.41, 5.74) is 2.95. The average Bonchev–Trinajstić information content (AvgIpc) is 2.93. The number of rotatable bonds is 5. The average molecular weight is 263 g/mol. The van der Waals surface area contributed by atoms with Crippen molar-refractivity contribution in [2.75, 3.05) is 6.61 Å². The molecule has 0 amide bonds. The number of aromatic nitrogens is 2. The first kappa shape index (κ1) is 13.4. The molecule has 1 saturated carbocycles. The Morgan fingerprint density at radius 3 is 2.78 bits per heavy atom. The molecule has 0 bridgehead atoms. The van der Waals surface area contributed by atoms with E-state index in [4.69, 9.17) is 0 Å². The molecule has 0 aromatic carbocycles. The van der Waals surface area contributed by atoms with E-state index in [0.29, 0.717) is 11.7 Å². The van der Waals surface area contributed by atoms with Crippen LogP contribution in [0.15, 0.2) is 12.3 Å². The second-order valence-electron chi connectivity index (χ2n) is 4.45. The van der Waals surface area contributed by atoms with Crippen LogP contribution in [0.25, 0.3) is 0 Å². The third-order valence-corrected chi connectivity index (χ3v) is 2.95. The molecule has 1 aliphatic rings. The van der Waals surface area contributed by atoms with Crippen LogP contribution in [0.5, 0.6) is 0 Å². The maximum absolute atomic E-state index is 11.8. The molecule has 0 radical (unpaired) electrons. The zero-order valence-electron chi connectivity index (χ0n) is 9.91. The molecule has 0 atom stereocenters. The molecule has 1 aliphatic carbocycles. The number of hydrogen-bond acceptors (Lipinski definition) is 3. The number of alkyl halides is 3. The van der Waals surface area contributed by atoms with Gasteiger partial charge < -0.3 is 0 Å². The first-order valence-electron chi connectivity index (χ1n) is 6.00. The van der Waals surface area contributed by atoms with E-state index in [-0.39, 0.29) is 6.54 Å². The van der Waals surface area contributed by atoms with Crippen LogP contribution in [0.2, 0.25) is 0 Å². The van der Waals surface area contributed by atoms with Gasteiger partial charge in [0.05, 0.1) is 18.3 Å². The highest BCUT2D eigenvalue weighted by atomic mass is 19.4. The number of hydroxylamine groups is 1. The first-order valence-corrected chi connectivity index (χ1v) is 6.00. The fourth-order valence-electron chi connectivity index (χ4n) is 2.10. The monoisotopic (exact) mass is 263 g/mol. The van der Waals surface area contributed by atoms with Crippen molar-refractivity contribution in [2.45, 2.75) is 44.4 Å². The summed E-state index contributed by atoms with van der Waals surface area (Å²) in [5.74, 6) is 0. The molecule has 1 aromatic rings. The van der Waals surface area contributed by atoms with Crippen molar-refractivity contribution in [3.63, 3.8) is 0 Å². The van der Waals surface area contributed by atoms with E-state index in [1.807, 2.05) is 10.9 Å². The minimum Gasteiger partial charge on any atom is -0.292 e. The molecule has 102 valence electrons. The number of hydrogen-bond donors (Lipinski definition) is 1. The van der Waals surface area contributed by atoms with Crippen LogP contribution < -0.4 is 5.48 Å². The quantitative estimate of drug-likeness (QED) is 0.655. The van der Waals surface area contributed by atoms with Crippen molar-refractivity contribution < 1.29 is 18.0 Å². The lowest BCUT2D eigenvalue weighted by Crippen LogP contribution is -2.24. The van der Waals surface area contributed by atoms with Gasteiger partial charge in [-0.25, -0.2) is 0 Å². The minimum atomic E-state index is -4.31. The van der Waals surface area contributed by atoms with Crippen molar-refractivity contribution in [2.24, 2.45) is 0 Å². The summed E-state index contributed by atoms with van der Waals surface area (Å²) in [6.07, 6.45) is 2.24. The van der Waals surface area contributed by atoms with Crippen molar-refractivity contribution in [3.05, 3.63) is 18.0 Å². The van der Waals surface area contributed by atoms with E-state index < -0.39 is 12.8 Å². The largest absolute Gasteiger partial charge is 0.413 e. The zero-order chi connectivity index (χ0) is 13.0. The van der Waals surface area contributed by atoms with Gasteiger partial charge in [0.2, 0.25) is 0 Å². The van der Waals surface area contributed by atoms with Gasteiger partial charge >= 0.3 is 6.18 Å². The highest BCUT2D eigenvalue weighted by Gasteiger charge is 2.27. The Balaban J connectivity index is 1.73. The first-order chi connectivity index (χ1) is 8.54. The van der Waals surface area contributed by atoms with Gasteiger partial charge in [-0.05, 0) is 18.9 Å². The molecular weight excluding hydrogens is 247 g/mol. The maximum Gasteiger partial charge on any atom is 0.413 e. The van der Waals surface area contributed by atoms with E-state index in [0.717, 1.165) is 12.8 Å². The lowest BCUT2D eigenvalue weighted by atomic mass is 10.3. The van der Waals surface area contributed by atoms with Crippen LogP contribution in [-0.2, 0) is 11.4 Å². The number of halogens is 3. The minimum absolute atomic E-state index is 0.176. The molecule has 1 N–H and O–H groups in total. The van der Waals surface area contributed by atoms with Crippen molar-refractivity contribution >= 4 is 0 Å². The van der Waals surface area contributed by atoms with Crippen molar-refractivity contribution in [1.29, 1.82) is 0 Å². The maximum atomic E-state index is 11.8. The van der Waals surface area contributed by atoms with Gasteiger partial charge in [-0.1, -0.05) is 12.8 Å². The zero-order valence-corrected chi connectivity index (χ0v) is 9.91. The molecule has 18 heavy (non-hydrogen) atoms. The molecule has 1 aromatic heterocycles. The lowest BCUT2D eigenvalue weighted by Gasteiger charge is -2.09. The molecule has 0 aliphatic heterocycles. The topological polar surface area (TPSA) is 39.1 Å². The normalized spacial score (nSPS) is 17.5. The van der Waals surface area contributed by atoms with E-state index >= 15 is 0 Å². The van der Waals surface area contributed by atoms with E-state index in [9.17, 15) is 13.2 Å². The second-order valence-corrected chi connectivity index (χ2v) is 4.45. The molecule has 7 heteroatoms. The van der Waals surface area contributed by atoms with Gasteiger partial charge in [0, 0.05) is 6.20 Å². The highest BCUT2D eigenvalue weighted by molar-refractivity contribution is 4.99. The molecule has 2 rings (SSSR count). The van der Waals surface area contributed by atoms with Gasteiger partial charge in [-0.15, -0.1) is 0 Å². The molecule has 1 fully saturated rings. The van der Waals surface area contributed by atoms with Gasteiger partial charge in [0.1, 0.15) is 0 Å². The van der Waals surface area contributed by atoms with Gasteiger partial charge in [0.25, 0.3) is 0 Å². The second kappa shape index (κ2) is 5.71. The Bertz CT molecular complexity index is 372. The molecule has 1 heterocycles. The van der Waals surface area contributed by atoms with Crippen LogP contribution in [-0.4, -0.2) is 22.6 Å². The number of nitrogens with one attached hydrogen (secondary N) is 1. The summed E-state index contributed by atoms with van der Waals surface area (Å²) in [6.45, 7) is -1.12. The van der Waals surface area contributed by atoms with Gasteiger partial charge in [-0.2, -0.15) is 23.8 Å². The highest BCUT2D eigenvalue weighted by Crippen LogP contribution is 2.28. The predicted octanol–water partition coefficient (Wildman–Crippen LogP) is 2.58. The summed E-state index contributed by atoms with van der Waals surface area (Å²) in [6, 6.07) is 2.23. The standard InChI is InChI=1S/C11H16F3N3O/c12-11(13,14)8-18-15-7-9-5-6-17(16-9)10-3-1-2-4-10/h5-6,10,15H,1-4,7-8H2. The fraction of sp³-hybridized carbons (Fsp3) is 0.727. The lowest BCUT2D eigenvalue weighted by molar-refractivity contribution is -0.190. The van der Waals surface area contributed by atoms with Gasteiger partial charge in [-0.3, -0.25) is 9.52 Å².